The highest BCUT2D eigenvalue weighted by molar-refractivity contribution is 6.28. The molecule has 0 atom stereocenters. The van der Waals surface area contributed by atoms with Gasteiger partial charge in [-0.25, -0.2) is 18.9 Å². The van der Waals surface area contributed by atoms with Gasteiger partial charge in [-0.05, 0) is 29.7 Å². The molecule has 0 amide bonds. The molecule has 0 aromatic carbocycles. The van der Waals surface area contributed by atoms with Crippen LogP contribution in [0.15, 0.2) is 30.7 Å². The van der Waals surface area contributed by atoms with Gasteiger partial charge in [0.25, 0.3) is 0 Å². The van der Waals surface area contributed by atoms with E-state index in [0.29, 0.717) is 11.5 Å². The molecule has 0 saturated heterocycles. The Labute approximate surface area is 120 Å². The lowest BCUT2D eigenvalue weighted by molar-refractivity contribution is 0.618. The fourth-order valence-electron chi connectivity index (χ4n) is 2.14. The van der Waals surface area contributed by atoms with E-state index >= 15 is 0 Å². The van der Waals surface area contributed by atoms with Crippen LogP contribution >= 0.6 is 11.6 Å². The minimum Gasteiger partial charge on any atom is -0.241 e. The summed E-state index contributed by atoms with van der Waals surface area (Å²) in [6, 6.07) is 3.62. The zero-order chi connectivity index (χ0) is 14.3. The molecule has 0 unspecified atom stereocenters. The van der Waals surface area contributed by atoms with E-state index in [-0.39, 0.29) is 11.0 Å². The van der Waals surface area contributed by atoms with Crippen LogP contribution in [0.4, 0.5) is 4.39 Å². The number of halogens is 2. The minimum atomic E-state index is -0.496. The molecular formula is C14H12ClFN4. The minimum absolute atomic E-state index is 0.0267. The van der Waals surface area contributed by atoms with Crippen LogP contribution in [0.3, 0.4) is 0 Å². The van der Waals surface area contributed by atoms with Crippen molar-refractivity contribution in [2.75, 3.05) is 0 Å². The van der Waals surface area contributed by atoms with Crippen LogP contribution in [0.25, 0.3) is 16.8 Å². The van der Waals surface area contributed by atoms with Crippen molar-refractivity contribution < 1.29 is 4.39 Å². The van der Waals surface area contributed by atoms with Crippen molar-refractivity contribution in [3.8, 4) is 11.3 Å². The summed E-state index contributed by atoms with van der Waals surface area (Å²) in [4.78, 5) is 7.58. The molecule has 0 radical (unpaired) electrons. The number of fused-ring (bicyclic) bond motifs is 1. The quantitative estimate of drug-likeness (QED) is 0.676. The molecule has 0 aliphatic rings. The summed E-state index contributed by atoms with van der Waals surface area (Å²) in [5.74, 6) is -0.161. The van der Waals surface area contributed by atoms with Crippen molar-refractivity contribution in [1.82, 2.24) is 19.6 Å². The lowest BCUT2D eigenvalue weighted by atomic mass is 10.0. The van der Waals surface area contributed by atoms with E-state index in [1.807, 2.05) is 12.3 Å². The molecule has 0 bridgehead atoms. The summed E-state index contributed by atoms with van der Waals surface area (Å²) in [6.07, 6.45) is 4.69. The lowest BCUT2D eigenvalue weighted by Gasteiger charge is -2.06. The second-order valence-electron chi connectivity index (χ2n) is 4.84. The van der Waals surface area contributed by atoms with Crippen LogP contribution in [0.1, 0.15) is 25.3 Å². The maximum Gasteiger partial charge on any atom is 0.223 e. The number of nitrogens with zero attached hydrogens (tertiary/aromatic N) is 4. The number of hydrogen-bond donors (Lipinski definition) is 0. The van der Waals surface area contributed by atoms with Gasteiger partial charge >= 0.3 is 0 Å². The van der Waals surface area contributed by atoms with Crippen molar-refractivity contribution >= 4 is 17.1 Å². The second kappa shape index (κ2) is 4.83. The highest BCUT2D eigenvalue weighted by atomic mass is 35.5. The van der Waals surface area contributed by atoms with Crippen LogP contribution in [0, 0.1) is 5.82 Å². The summed E-state index contributed by atoms with van der Waals surface area (Å²) in [7, 11) is 0. The predicted molar refractivity (Wildman–Crippen MR) is 75.3 cm³/mol. The molecule has 0 aliphatic heterocycles. The first kappa shape index (κ1) is 13.0. The monoisotopic (exact) mass is 290 g/mol. The van der Waals surface area contributed by atoms with Gasteiger partial charge in [0, 0.05) is 17.3 Å². The Kier molecular flexibility index (Phi) is 3.14. The Balaban J connectivity index is 2.21. The van der Waals surface area contributed by atoms with E-state index in [1.165, 1.54) is 0 Å². The van der Waals surface area contributed by atoms with Gasteiger partial charge in [-0.15, -0.1) is 0 Å². The number of rotatable bonds is 2. The maximum atomic E-state index is 13.8. The standard InChI is InChI=1S/C14H12ClFN4/c1-8(2)10-6-18-20-4-3-9(5-12(10)20)13-11(16)7-17-14(15)19-13/h3-8H,1-2H3. The smallest absolute Gasteiger partial charge is 0.223 e. The summed E-state index contributed by atoms with van der Waals surface area (Å²) < 4.78 is 15.6. The Bertz CT molecular complexity index is 782. The Morgan fingerprint density at radius 2 is 2.10 bits per heavy atom. The summed E-state index contributed by atoms with van der Waals surface area (Å²) >= 11 is 5.74. The molecule has 0 saturated carbocycles. The molecular weight excluding hydrogens is 279 g/mol. The Hall–Kier alpha value is -2.01. The first-order chi connectivity index (χ1) is 9.56. The molecule has 0 fully saturated rings. The molecule has 0 N–H and O–H groups in total. The molecule has 0 spiro atoms. The molecule has 102 valence electrons. The van der Waals surface area contributed by atoms with Crippen LogP contribution in [0.2, 0.25) is 5.28 Å². The van der Waals surface area contributed by atoms with E-state index in [1.54, 1.807) is 16.8 Å². The van der Waals surface area contributed by atoms with Crippen LogP contribution < -0.4 is 0 Å². The predicted octanol–water partition coefficient (Wildman–Crippen LogP) is 3.71. The molecule has 3 rings (SSSR count). The van der Waals surface area contributed by atoms with E-state index < -0.39 is 5.82 Å². The van der Waals surface area contributed by atoms with Crippen molar-refractivity contribution in [1.29, 1.82) is 0 Å². The number of pyridine rings is 1. The highest BCUT2D eigenvalue weighted by Gasteiger charge is 2.12. The zero-order valence-corrected chi connectivity index (χ0v) is 11.8. The van der Waals surface area contributed by atoms with Gasteiger partial charge in [0.1, 0.15) is 5.69 Å². The second-order valence-corrected chi connectivity index (χ2v) is 5.17. The van der Waals surface area contributed by atoms with Gasteiger partial charge in [-0.3, -0.25) is 0 Å². The Morgan fingerprint density at radius 1 is 1.30 bits per heavy atom. The molecule has 6 heteroatoms. The molecule has 3 aromatic rings. The van der Waals surface area contributed by atoms with Gasteiger partial charge < -0.3 is 0 Å². The average Bonchev–Trinajstić information content (AvgIpc) is 2.84. The topological polar surface area (TPSA) is 43.1 Å². The van der Waals surface area contributed by atoms with E-state index in [2.05, 4.69) is 28.9 Å². The fraction of sp³-hybridized carbons (Fsp3) is 0.214. The van der Waals surface area contributed by atoms with Gasteiger partial charge in [-0.1, -0.05) is 13.8 Å². The number of aromatic nitrogens is 4. The third-order valence-corrected chi connectivity index (χ3v) is 3.34. The van der Waals surface area contributed by atoms with Crippen molar-refractivity contribution in [2.45, 2.75) is 19.8 Å². The third kappa shape index (κ3) is 2.14. The zero-order valence-electron chi connectivity index (χ0n) is 11.0. The van der Waals surface area contributed by atoms with Crippen molar-refractivity contribution in [2.24, 2.45) is 0 Å². The Morgan fingerprint density at radius 3 is 2.85 bits per heavy atom. The molecule has 3 heterocycles. The van der Waals surface area contributed by atoms with Gasteiger partial charge in [0.2, 0.25) is 5.28 Å². The normalized spacial score (nSPS) is 11.4. The molecule has 4 nitrogen and oxygen atoms in total. The van der Waals surface area contributed by atoms with Crippen molar-refractivity contribution in [3.63, 3.8) is 0 Å². The van der Waals surface area contributed by atoms with E-state index in [4.69, 9.17) is 11.6 Å². The van der Waals surface area contributed by atoms with Gasteiger partial charge in [-0.2, -0.15) is 5.10 Å². The lowest BCUT2D eigenvalue weighted by Crippen LogP contribution is -1.95. The maximum absolute atomic E-state index is 13.8. The molecule has 20 heavy (non-hydrogen) atoms. The van der Waals surface area contributed by atoms with Crippen molar-refractivity contribution in [3.05, 3.63) is 47.4 Å². The van der Waals surface area contributed by atoms with Gasteiger partial charge in [0.15, 0.2) is 5.82 Å². The van der Waals surface area contributed by atoms with E-state index in [9.17, 15) is 4.39 Å². The average molecular weight is 291 g/mol. The SMILES string of the molecule is CC(C)c1cnn2ccc(-c3nc(Cl)ncc3F)cc12. The van der Waals surface area contributed by atoms with Crippen LogP contribution in [0.5, 0.6) is 0 Å². The number of hydrogen-bond acceptors (Lipinski definition) is 3. The summed E-state index contributed by atoms with van der Waals surface area (Å²) in [5.41, 5.74) is 2.89. The van der Waals surface area contributed by atoms with Crippen LogP contribution in [-0.4, -0.2) is 19.6 Å². The molecule has 0 aliphatic carbocycles. The van der Waals surface area contributed by atoms with Gasteiger partial charge in [0.05, 0.1) is 17.9 Å². The molecule has 3 aromatic heterocycles. The fourth-order valence-corrected chi connectivity index (χ4v) is 2.27. The van der Waals surface area contributed by atoms with E-state index in [0.717, 1.165) is 17.3 Å². The first-order valence-electron chi connectivity index (χ1n) is 6.22. The van der Waals surface area contributed by atoms with Crippen LogP contribution in [-0.2, 0) is 0 Å². The summed E-state index contributed by atoms with van der Waals surface area (Å²) in [5, 5.41) is 4.31. The summed E-state index contributed by atoms with van der Waals surface area (Å²) in [6.45, 7) is 4.18. The third-order valence-electron chi connectivity index (χ3n) is 3.16. The largest absolute Gasteiger partial charge is 0.241 e. The first-order valence-corrected chi connectivity index (χ1v) is 6.60. The highest BCUT2D eigenvalue weighted by Crippen LogP contribution is 2.26.